The van der Waals surface area contributed by atoms with Crippen molar-refractivity contribution in [1.82, 2.24) is 0 Å². The fraction of sp³-hybridized carbons (Fsp3) is 0.571. The zero-order valence-corrected chi connectivity index (χ0v) is 13.1. The van der Waals surface area contributed by atoms with Crippen molar-refractivity contribution >= 4 is 28.6 Å². The third-order valence-corrected chi connectivity index (χ3v) is 3.46. The quantitative estimate of drug-likeness (QED) is 0.547. The third-order valence-electron chi connectivity index (χ3n) is 2.65. The van der Waals surface area contributed by atoms with E-state index in [2.05, 4.69) is 54.5 Å². The fourth-order valence-corrected chi connectivity index (χ4v) is 2.28. The first-order chi connectivity index (χ1) is 8.15. The van der Waals surface area contributed by atoms with Gasteiger partial charge in [0.25, 0.3) is 0 Å². The van der Waals surface area contributed by atoms with E-state index in [0.29, 0.717) is 5.92 Å². The number of halogens is 1. The number of hydrogen-bond donors (Lipinski definition) is 1. The molecule has 0 radical (unpaired) electrons. The Morgan fingerprint density at radius 1 is 1.24 bits per heavy atom. The van der Waals surface area contributed by atoms with Crippen LogP contribution in [-0.2, 0) is 0 Å². The van der Waals surface area contributed by atoms with Gasteiger partial charge in [-0.3, -0.25) is 0 Å². The Bertz CT molecular complexity index is 339. The van der Waals surface area contributed by atoms with Gasteiger partial charge < -0.3 is 4.74 Å². The number of benzene rings is 1. The normalized spacial score (nSPS) is 10.9. The van der Waals surface area contributed by atoms with Gasteiger partial charge in [-0.25, -0.2) is 0 Å². The fourth-order valence-electron chi connectivity index (χ4n) is 1.67. The maximum atomic E-state index is 5.85. The molecule has 0 atom stereocenters. The minimum atomic E-state index is 0.486. The molecule has 0 aliphatic heterocycles. The van der Waals surface area contributed by atoms with Crippen molar-refractivity contribution in [2.24, 2.45) is 0 Å². The summed E-state index contributed by atoms with van der Waals surface area (Å²) in [6.45, 7) is 5.18. The Balaban J connectivity index is 2.52. The van der Waals surface area contributed by atoms with Crippen LogP contribution in [-0.4, -0.2) is 12.4 Å². The van der Waals surface area contributed by atoms with Crippen molar-refractivity contribution in [1.29, 1.82) is 0 Å². The summed E-state index contributed by atoms with van der Waals surface area (Å²) in [5, 5.41) is 0. The van der Waals surface area contributed by atoms with Gasteiger partial charge >= 0.3 is 0 Å². The van der Waals surface area contributed by atoms with Gasteiger partial charge in [0.05, 0.1) is 6.61 Å². The minimum absolute atomic E-state index is 0.486. The lowest BCUT2D eigenvalue weighted by Gasteiger charge is -2.14. The van der Waals surface area contributed by atoms with Crippen LogP contribution >= 0.6 is 28.6 Å². The predicted molar refractivity (Wildman–Crippen MR) is 81.4 cm³/mol. The van der Waals surface area contributed by atoms with E-state index >= 15 is 0 Å². The van der Waals surface area contributed by atoms with Crippen LogP contribution in [0.5, 0.6) is 5.75 Å². The molecule has 0 bridgehead atoms. The molecule has 0 spiro atoms. The number of thiol groups is 1. The summed E-state index contributed by atoms with van der Waals surface area (Å²) in [4.78, 5) is 0. The number of ether oxygens (including phenoxy) is 1. The maximum absolute atomic E-state index is 5.85. The number of rotatable bonds is 7. The SMILES string of the molecule is CC(C)c1cc(Br)ccc1OCCCCCS. The zero-order valence-electron chi connectivity index (χ0n) is 10.6. The Kier molecular flexibility index (Phi) is 7.05. The summed E-state index contributed by atoms with van der Waals surface area (Å²) in [6.07, 6.45) is 3.47. The van der Waals surface area contributed by atoms with Crippen LogP contribution in [0.25, 0.3) is 0 Å². The van der Waals surface area contributed by atoms with Crippen LogP contribution in [0.2, 0.25) is 0 Å². The molecule has 17 heavy (non-hydrogen) atoms. The molecule has 0 aliphatic rings. The maximum Gasteiger partial charge on any atom is 0.122 e. The lowest BCUT2D eigenvalue weighted by atomic mass is 10.0. The van der Waals surface area contributed by atoms with Crippen molar-refractivity contribution in [3.63, 3.8) is 0 Å². The largest absolute Gasteiger partial charge is 0.493 e. The van der Waals surface area contributed by atoms with E-state index in [4.69, 9.17) is 4.74 Å². The van der Waals surface area contributed by atoms with E-state index in [9.17, 15) is 0 Å². The first-order valence-electron chi connectivity index (χ1n) is 6.18. The molecule has 0 aromatic heterocycles. The molecule has 96 valence electrons. The molecule has 0 saturated carbocycles. The minimum Gasteiger partial charge on any atom is -0.493 e. The summed E-state index contributed by atoms with van der Waals surface area (Å²) < 4.78 is 6.97. The Labute approximate surface area is 118 Å². The number of hydrogen-bond acceptors (Lipinski definition) is 2. The first kappa shape index (κ1) is 14.9. The van der Waals surface area contributed by atoms with Gasteiger partial charge in [0.1, 0.15) is 5.75 Å². The molecular weight excluding hydrogens is 296 g/mol. The Morgan fingerprint density at radius 3 is 2.65 bits per heavy atom. The van der Waals surface area contributed by atoms with Gasteiger partial charge in [0.15, 0.2) is 0 Å². The van der Waals surface area contributed by atoms with Crippen molar-refractivity contribution < 1.29 is 4.74 Å². The van der Waals surface area contributed by atoms with E-state index in [1.54, 1.807) is 0 Å². The number of unbranched alkanes of at least 4 members (excludes halogenated alkanes) is 2. The van der Waals surface area contributed by atoms with E-state index < -0.39 is 0 Å². The predicted octanol–water partition coefficient (Wildman–Crippen LogP) is 5.05. The average molecular weight is 317 g/mol. The van der Waals surface area contributed by atoms with Crippen LogP contribution in [0.15, 0.2) is 22.7 Å². The van der Waals surface area contributed by atoms with Crippen LogP contribution < -0.4 is 4.74 Å². The van der Waals surface area contributed by atoms with Gasteiger partial charge in [0.2, 0.25) is 0 Å². The molecule has 1 rings (SSSR count). The van der Waals surface area contributed by atoms with Crippen LogP contribution in [0, 0.1) is 0 Å². The van der Waals surface area contributed by atoms with Gasteiger partial charge in [-0.2, -0.15) is 12.6 Å². The summed E-state index contributed by atoms with van der Waals surface area (Å²) in [5.74, 6) is 2.48. The zero-order chi connectivity index (χ0) is 12.7. The second kappa shape index (κ2) is 8.04. The van der Waals surface area contributed by atoms with E-state index in [1.807, 2.05) is 6.07 Å². The van der Waals surface area contributed by atoms with Gasteiger partial charge in [-0.1, -0.05) is 29.8 Å². The average Bonchev–Trinajstić information content (AvgIpc) is 2.30. The molecule has 1 nitrogen and oxygen atoms in total. The topological polar surface area (TPSA) is 9.23 Å². The molecule has 0 aliphatic carbocycles. The summed E-state index contributed by atoms with van der Waals surface area (Å²) in [6, 6.07) is 6.24. The highest BCUT2D eigenvalue weighted by molar-refractivity contribution is 9.10. The van der Waals surface area contributed by atoms with Crippen LogP contribution in [0.3, 0.4) is 0 Å². The van der Waals surface area contributed by atoms with Crippen molar-refractivity contribution in [3.05, 3.63) is 28.2 Å². The molecule has 0 unspecified atom stereocenters. The lowest BCUT2D eigenvalue weighted by Crippen LogP contribution is -2.01. The first-order valence-corrected chi connectivity index (χ1v) is 7.60. The van der Waals surface area contributed by atoms with Crippen LogP contribution in [0.1, 0.15) is 44.6 Å². The molecule has 1 aromatic carbocycles. The van der Waals surface area contributed by atoms with Crippen molar-refractivity contribution in [3.8, 4) is 5.75 Å². The monoisotopic (exact) mass is 316 g/mol. The molecular formula is C14H21BrOS. The smallest absolute Gasteiger partial charge is 0.122 e. The summed E-state index contributed by atoms with van der Waals surface area (Å²) in [7, 11) is 0. The lowest BCUT2D eigenvalue weighted by molar-refractivity contribution is 0.302. The highest BCUT2D eigenvalue weighted by atomic mass is 79.9. The van der Waals surface area contributed by atoms with Crippen LogP contribution in [0.4, 0.5) is 0 Å². The molecule has 0 fully saturated rings. The molecule has 0 amide bonds. The second-order valence-corrected chi connectivity index (χ2v) is 5.83. The molecule has 0 saturated heterocycles. The summed E-state index contributed by atoms with van der Waals surface area (Å²) >= 11 is 7.70. The third kappa shape index (κ3) is 5.35. The standard InChI is InChI=1S/C14H21BrOS/c1-11(2)13-10-12(15)6-7-14(13)16-8-4-3-5-9-17/h6-7,10-11,17H,3-5,8-9H2,1-2H3. The Hall–Kier alpha value is -0.150. The summed E-state index contributed by atoms with van der Waals surface area (Å²) in [5.41, 5.74) is 1.27. The molecule has 3 heteroatoms. The van der Waals surface area contributed by atoms with Gasteiger partial charge in [0, 0.05) is 4.47 Å². The van der Waals surface area contributed by atoms with E-state index in [0.717, 1.165) is 29.0 Å². The van der Waals surface area contributed by atoms with Gasteiger partial charge in [-0.15, -0.1) is 0 Å². The Morgan fingerprint density at radius 2 is 2.00 bits per heavy atom. The molecule has 0 heterocycles. The van der Waals surface area contributed by atoms with Gasteiger partial charge in [-0.05, 0) is 54.7 Å². The van der Waals surface area contributed by atoms with Crippen molar-refractivity contribution in [2.45, 2.75) is 39.0 Å². The van der Waals surface area contributed by atoms with Crippen molar-refractivity contribution in [2.75, 3.05) is 12.4 Å². The van der Waals surface area contributed by atoms with E-state index in [1.165, 1.54) is 18.4 Å². The second-order valence-electron chi connectivity index (χ2n) is 4.47. The molecule has 1 aromatic rings. The highest BCUT2D eigenvalue weighted by Crippen LogP contribution is 2.29. The van der Waals surface area contributed by atoms with E-state index in [-0.39, 0.29) is 0 Å². The highest BCUT2D eigenvalue weighted by Gasteiger charge is 2.08. The molecule has 0 N–H and O–H groups in total.